The Morgan fingerprint density at radius 3 is 2.68 bits per heavy atom. The molecule has 0 saturated heterocycles. The van der Waals surface area contributed by atoms with Crippen LogP contribution in [-0.4, -0.2) is 18.5 Å². The van der Waals surface area contributed by atoms with E-state index in [2.05, 4.69) is 39.9 Å². The molecule has 1 unspecified atom stereocenters. The molecule has 1 saturated carbocycles. The van der Waals surface area contributed by atoms with Crippen LogP contribution < -0.4 is 10.6 Å². The van der Waals surface area contributed by atoms with Crippen molar-refractivity contribution < 1.29 is 0 Å². The molecule has 1 aliphatic carbocycles. The molecule has 1 aromatic carbocycles. The van der Waals surface area contributed by atoms with Crippen LogP contribution in [0.15, 0.2) is 35.3 Å². The van der Waals surface area contributed by atoms with Gasteiger partial charge in [-0.3, -0.25) is 4.99 Å². The third-order valence-electron chi connectivity index (χ3n) is 4.29. The molecule has 3 nitrogen and oxygen atoms in total. The minimum atomic E-state index is 0.568. The number of hydrogen-bond acceptors (Lipinski definition) is 3. The predicted molar refractivity (Wildman–Crippen MR) is 79.1 cm³/mol. The first-order valence-corrected chi connectivity index (χ1v) is 7.50. The molecule has 1 aromatic rings. The molecule has 0 amide bonds. The Hall–Kier alpha value is -1.51. The lowest BCUT2D eigenvalue weighted by Crippen LogP contribution is -2.42. The third kappa shape index (κ3) is 3.28. The van der Waals surface area contributed by atoms with Gasteiger partial charge in [-0.15, -0.1) is 0 Å². The number of hydrogen-bond donors (Lipinski definition) is 2. The van der Waals surface area contributed by atoms with E-state index < -0.39 is 0 Å². The lowest BCUT2D eigenvalue weighted by Gasteiger charge is -2.27. The van der Waals surface area contributed by atoms with E-state index >= 15 is 0 Å². The summed E-state index contributed by atoms with van der Waals surface area (Å²) in [5.74, 6) is 1.81. The van der Waals surface area contributed by atoms with Crippen molar-refractivity contribution in [2.75, 3.05) is 6.54 Å². The van der Waals surface area contributed by atoms with Crippen LogP contribution in [0, 0.1) is 5.92 Å². The summed E-state index contributed by atoms with van der Waals surface area (Å²) in [6.45, 7) is 1.80. The maximum absolute atomic E-state index is 4.60. The smallest absolute Gasteiger partial charge is 0.191 e. The third-order valence-corrected chi connectivity index (χ3v) is 4.29. The summed E-state index contributed by atoms with van der Waals surface area (Å²) < 4.78 is 0. The first-order valence-electron chi connectivity index (χ1n) is 7.50. The van der Waals surface area contributed by atoms with Crippen molar-refractivity contribution in [3.05, 3.63) is 35.9 Å². The summed E-state index contributed by atoms with van der Waals surface area (Å²) in [4.78, 5) is 4.60. The Morgan fingerprint density at radius 1 is 1.11 bits per heavy atom. The molecule has 0 bridgehead atoms. The number of nitrogens with one attached hydrogen (secondary N) is 2. The van der Waals surface area contributed by atoms with Gasteiger partial charge in [0.25, 0.3) is 0 Å². The van der Waals surface area contributed by atoms with E-state index in [4.69, 9.17) is 0 Å². The number of nitrogens with zero attached hydrogens (tertiary/aromatic N) is 1. The van der Waals surface area contributed by atoms with Gasteiger partial charge < -0.3 is 10.6 Å². The molecule has 102 valence electrons. The van der Waals surface area contributed by atoms with Gasteiger partial charge in [0.05, 0.1) is 12.6 Å². The second kappa shape index (κ2) is 6.09. The fraction of sp³-hybridized carbons (Fsp3) is 0.562. The lowest BCUT2D eigenvalue weighted by molar-refractivity contribution is 0.300. The molecule has 0 radical (unpaired) electrons. The molecule has 1 heterocycles. The molecule has 3 rings (SSSR count). The van der Waals surface area contributed by atoms with Gasteiger partial charge >= 0.3 is 0 Å². The molecule has 0 aromatic heterocycles. The van der Waals surface area contributed by atoms with E-state index in [1.54, 1.807) is 0 Å². The minimum absolute atomic E-state index is 0.568. The molecule has 3 heteroatoms. The van der Waals surface area contributed by atoms with E-state index in [9.17, 15) is 0 Å². The highest BCUT2D eigenvalue weighted by molar-refractivity contribution is 5.81. The van der Waals surface area contributed by atoms with Gasteiger partial charge in [-0.1, -0.05) is 49.6 Å². The van der Waals surface area contributed by atoms with Crippen LogP contribution in [0.4, 0.5) is 0 Å². The standard InChI is InChI=1S/C16H23N3/c1-3-7-13(8-4-1)11-17-16-18-12-15(19-16)14-9-5-2-6-10-14/h1,3-4,7-8,14-15H,2,5-6,9-12H2,(H2,17,18,19). The highest BCUT2D eigenvalue weighted by Gasteiger charge is 2.27. The maximum atomic E-state index is 4.60. The van der Waals surface area contributed by atoms with Crippen molar-refractivity contribution in [2.45, 2.75) is 44.7 Å². The molecule has 1 aliphatic heterocycles. The highest BCUT2D eigenvalue weighted by atomic mass is 15.2. The summed E-state index contributed by atoms with van der Waals surface area (Å²) >= 11 is 0. The maximum Gasteiger partial charge on any atom is 0.191 e. The fourth-order valence-corrected chi connectivity index (χ4v) is 3.15. The van der Waals surface area contributed by atoms with Gasteiger partial charge in [-0.25, -0.2) is 0 Å². The Bertz CT molecular complexity index is 421. The minimum Gasteiger partial charge on any atom is -0.352 e. The largest absolute Gasteiger partial charge is 0.352 e. The van der Waals surface area contributed by atoms with Crippen molar-refractivity contribution in [1.82, 2.24) is 10.6 Å². The van der Waals surface area contributed by atoms with E-state index in [0.717, 1.165) is 25.0 Å². The van der Waals surface area contributed by atoms with Crippen molar-refractivity contribution >= 4 is 5.96 Å². The Labute approximate surface area is 115 Å². The normalized spacial score (nSPS) is 23.8. The van der Waals surface area contributed by atoms with E-state index in [0.29, 0.717) is 6.04 Å². The molecule has 2 aliphatic rings. The van der Waals surface area contributed by atoms with Crippen molar-refractivity contribution in [3.63, 3.8) is 0 Å². The van der Waals surface area contributed by atoms with Gasteiger partial charge in [0.2, 0.25) is 0 Å². The van der Waals surface area contributed by atoms with Crippen LogP contribution >= 0.6 is 0 Å². The Balaban J connectivity index is 1.46. The van der Waals surface area contributed by atoms with Crippen molar-refractivity contribution in [1.29, 1.82) is 0 Å². The highest BCUT2D eigenvalue weighted by Crippen LogP contribution is 2.27. The predicted octanol–water partition coefficient (Wildman–Crippen LogP) is 2.68. The quantitative estimate of drug-likeness (QED) is 0.873. The molecule has 0 spiro atoms. The average molecular weight is 257 g/mol. The summed E-state index contributed by atoms with van der Waals surface area (Å²) in [7, 11) is 0. The summed E-state index contributed by atoms with van der Waals surface area (Å²) in [5, 5.41) is 6.98. The molecular formula is C16H23N3. The number of guanidine groups is 1. The van der Waals surface area contributed by atoms with E-state index in [1.165, 1.54) is 37.7 Å². The fourth-order valence-electron chi connectivity index (χ4n) is 3.15. The van der Waals surface area contributed by atoms with Crippen LogP contribution in [0.2, 0.25) is 0 Å². The summed E-state index contributed by atoms with van der Waals surface area (Å²) in [5.41, 5.74) is 1.30. The monoisotopic (exact) mass is 257 g/mol. The second-order valence-electron chi connectivity index (χ2n) is 5.68. The lowest BCUT2D eigenvalue weighted by atomic mass is 9.84. The molecular weight excluding hydrogens is 234 g/mol. The van der Waals surface area contributed by atoms with Gasteiger partial charge in [-0.05, 0) is 24.3 Å². The van der Waals surface area contributed by atoms with Crippen molar-refractivity contribution in [2.24, 2.45) is 10.9 Å². The first kappa shape index (κ1) is 12.5. The zero-order valence-corrected chi connectivity index (χ0v) is 11.4. The topological polar surface area (TPSA) is 36.4 Å². The second-order valence-corrected chi connectivity index (χ2v) is 5.68. The van der Waals surface area contributed by atoms with Crippen LogP contribution in [0.3, 0.4) is 0 Å². The van der Waals surface area contributed by atoms with Gasteiger partial charge in [0.15, 0.2) is 5.96 Å². The number of rotatable bonds is 3. The van der Waals surface area contributed by atoms with Crippen LogP contribution in [-0.2, 0) is 6.54 Å². The van der Waals surface area contributed by atoms with Gasteiger partial charge in [0, 0.05) is 6.54 Å². The van der Waals surface area contributed by atoms with E-state index in [1.807, 2.05) is 6.07 Å². The van der Waals surface area contributed by atoms with E-state index in [-0.39, 0.29) is 0 Å². The first-order chi connectivity index (χ1) is 9.42. The van der Waals surface area contributed by atoms with Gasteiger partial charge in [0.1, 0.15) is 0 Å². The molecule has 1 fully saturated rings. The average Bonchev–Trinajstić information content (AvgIpc) is 2.96. The summed E-state index contributed by atoms with van der Waals surface area (Å²) in [6.07, 6.45) is 6.97. The van der Waals surface area contributed by atoms with Crippen LogP contribution in [0.25, 0.3) is 0 Å². The molecule has 1 atom stereocenters. The number of aliphatic imine (C=N–C) groups is 1. The molecule has 19 heavy (non-hydrogen) atoms. The van der Waals surface area contributed by atoms with Crippen molar-refractivity contribution in [3.8, 4) is 0 Å². The zero-order chi connectivity index (χ0) is 12.9. The Morgan fingerprint density at radius 2 is 1.89 bits per heavy atom. The zero-order valence-electron chi connectivity index (χ0n) is 11.4. The number of benzene rings is 1. The van der Waals surface area contributed by atoms with Crippen LogP contribution in [0.1, 0.15) is 37.7 Å². The molecule has 2 N–H and O–H groups in total. The Kier molecular flexibility index (Phi) is 4.01. The van der Waals surface area contributed by atoms with Crippen LogP contribution in [0.5, 0.6) is 0 Å². The SMILES string of the molecule is c1ccc(CNC2=NCC(C3CCCCC3)N2)cc1. The summed E-state index contributed by atoms with van der Waals surface area (Å²) in [6, 6.07) is 11.0. The van der Waals surface area contributed by atoms with Gasteiger partial charge in [-0.2, -0.15) is 0 Å².